The van der Waals surface area contributed by atoms with Crippen LogP contribution in [0.2, 0.25) is 0 Å². The van der Waals surface area contributed by atoms with Crippen LogP contribution in [0.5, 0.6) is 0 Å². The van der Waals surface area contributed by atoms with Gasteiger partial charge in [-0.3, -0.25) is 19.4 Å². The summed E-state index contributed by atoms with van der Waals surface area (Å²) in [5, 5.41) is 2.67. The Morgan fingerprint density at radius 3 is 2.52 bits per heavy atom. The van der Waals surface area contributed by atoms with E-state index in [1.165, 1.54) is 17.6 Å². The van der Waals surface area contributed by atoms with Gasteiger partial charge in [-0.2, -0.15) is 0 Å². The van der Waals surface area contributed by atoms with Gasteiger partial charge in [-0.1, -0.05) is 18.2 Å². The predicted octanol–water partition coefficient (Wildman–Crippen LogP) is 3.38. The van der Waals surface area contributed by atoms with Gasteiger partial charge < -0.3 is 9.32 Å². The highest BCUT2D eigenvalue weighted by Crippen LogP contribution is 2.29. The second-order valence-corrected chi connectivity index (χ2v) is 7.69. The van der Waals surface area contributed by atoms with Gasteiger partial charge in [0.2, 0.25) is 5.91 Å². The Balaban J connectivity index is 1.37. The normalized spacial score (nSPS) is 14.7. The van der Waals surface area contributed by atoms with Crippen molar-refractivity contribution in [1.82, 2.24) is 14.8 Å². The Kier molecular flexibility index (Phi) is 5.73. The number of rotatable bonds is 5. The van der Waals surface area contributed by atoms with Gasteiger partial charge in [0.05, 0.1) is 17.6 Å². The maximum absolute atomic E-state index is 12.4. The van der Waals surface area contributed by atoms with Gasteiger partial charge in [-0.15, -0.1) is 11.3 Å². The number of furan rings is 1. The molecule has 150 valence electrons. The first-order valence-electron chi connectivity index (χ1n) is 9.47. The van der Waals surface area contributed by atoms with Crippen molar-refractivity contribution < 1.29 is 14.0 Å². The minimum Gasteiger partial charge on any atom is -0.459 e. The van der Waals surface area contributed by atoms with E-state index in [9.17, 15) is 9.59 Å². The minimum atomic E-state index is -0.0675. The molecule has 3 aromatic rings. The first-order valence-corrected chi connectivity index (χ1v) is 10.3. The molecule has 1 aliphatic heterocycles. The average Bonchev–Trinajstić information content (AvgIpc) is 3.41. The maximum atomic E-state index is 12.4. The lowest BCUT2D eigenvalue weighted by molar-refractivity contribution is -0.115. The van der Waals surface area contributed by atoms with Crippen LogP contribution in [0.25, 0.3) is 0 Å². The van der Waals surface area contributed by atoms with Crippen LogP contribution in [-0.2, 0) is 11.3 Å². The van der Waals surface area contributed by atoms with Crippen molar-refractivity contribution in [3.05, 3.63) is 65.6 Å². The van der Waals surface area contributed by atoms with Crippen molar-refractivity contribution in [3.8, 4) is 0 Å². The van der Waals surface area contributed by atoms with Crippen LogP contribution in [0.4, 0.5) is 10.8 Å². The number of carbonyl (C=O) groups excluding carboxylic acids is 2. The summed E-state index contributed by atoms with van der Waals surface area (Å²) in [6.07, 6.45) is 1.52. The number of hydrogen-bond donors (Lipinski definition) is 0. The lowest BCUT2D eigenvalue weighted by atomic mass is 10.2. The Bertz CT molecular complexity index is 963. The number of benzene rings is 1. The average molecular weight is 410 g/mol. The predicted molar refractivity (Wildman–Crippen MR) is 111 cm³/mol. The molecular weight excluding hydrogens is 388 g/mol. The van der Waals surface area contributed by atoms with Crippen LogP contribution >= 0.6 is 11.3 Å². The van der Waals surface area contributed by atoms with E-state index in [1.54, 1.807) is 24.0 Å². The fraction of sp³-hybridized carbons (Fsp3) is 0.286. The summed E-state index contributed by atoms with van der Waals surface area (Å²) in [6, 6.07) is 13.0. The zero-order chi connectivity index (χ0) is 20.2. The number of hydrogen-bond acceptors (Lipinski definition) is 6. The number of amides is 2. The topological polar surface area (TPSA) is 69.9 Å². The van der Waals surface area contributed by atoms with E-state index in [0.29, 0.717) is 30.5 Å². The highest BCUT2D eigenvalue weighted by molar-refractivity contribution is 7.14. The van der Waals surface area contributed by atoms with Crippen molar-refractivity contribution in [3.63, 3.8) is 0 Å². The fourth-order valence-electron chi connectivity index (χ4n) is 3.37. The van der Waals surface area contributed by atoms with E-state index in [4.69, 9.17) is 4.42 Å². The third kappa shape index (κ3) is 4.38. The van der Waals surface area contributed by atoms with E-state index in [-0.39, 0.29) is 11.8 Å². The molecule has 29 heavy (non-hydrogen) atoms. The molecule has 0 aliphatic carbocycles. The highest BCUT2D eigenvalue weighted by Gasteiger charge is 2.24. The van der Waals surface area contributed by atoms with Crippen LogP contribution in [0, 0.1) is 0 Å². The summed E-state index contributed by atoms with van der Waals surface area (Å²) >= 11 is 1.46. The first-order chi connectivity index (χ1) is 14.1. The second kappa shape index (κ2) is 8.59. The molecule has 1 saturated heterocycles. The standard InChI is InChI=1S/C21H22N4O3S/c1-16(26)25(18-6-3-2-4-7-18)21-22-17(15-29-21)14-23-9-11-24(12-10-23)20(27)19-8-5-13-28-19/h2-8,13,15H,9-12,14H2,1H3. The van der Waals surface area contributed by atoms with E-state index in [0.717, 1.165) is 24.5 Å². The summed E-state index contributed by atoms with van der Waals surface area (Å²) < 4.78 is 5.21. The molecule has 0 N–H and O–H groups in total. The molecule has 7 nitrogen and oxygen atoms in total. The summed E-state index contributed by atoms with van der Waals surface area (Å²) in [7, 11) is 0. The molecule has 0 saturated carbocycles. The lowest BCUT2D eigenvalue weighted by Crippen LogP contribution is -2.48. The summed E-state index contributed by atoms with van der Waals surface area (Å²) in [5.74, 6) is 0.250. The van der Waals surface area contributed by atoms with E-state index >= 15 is 0 Å². The minimum absolute atomic E-state index is 0.0643. The Morgan fingerprint density at radius 2 is 1.86 bits per heavy atom. The smallest absolute Gasteiger partial charge is 0.289 e. The van der Waals surface area contributed by atoms with Crippen molar-refractivity contribution in [2.75, 3.05) is 31.1 Å². The van der Waals surface area contributed by atoms with Gasteiger partial charge in [0.1, 0.15) is 0 Å². The summed E-state index contributed by atoms with van der Waals surface area (Å²) in [6.45, 7) is 5.09. The van der Waals surface area contributed by atoms with E-state index in [2.05, 4.69) is 9.88 Å². The largest absolute Gasteiger partial charge is 0.459 e. The monoisotopic (exact) mass is 410 g/mol. The third-order valence-corrected chi connectivity index (χ3v) is 5.71. The van der Waals surface area contributed by atoms with Crippen LogP contribution in [0.15, 0.2) is 58.5 Å². The number of anilines is 2. The Morgan fingerprint density at radius 1 is 1.10 bits per heavy atom. The Hall–Kier alpha value is -2.97. The van der Waals surface area contributed by atoms with Crippen molar-refractivity contribution in [1.29, 1.82) is 0 Å². The van der Waals surface area contributed by atoms with E-state index in [1.807, 2.05) is 40.6 Å². The molecule has 0 bridgehead atoms. The molecule has 0 spiro atoms. The molecule has 8 heteroatoms. The molecule has 0 unspecified atom stereocenters. The number of piperazine rings is 1. The molecule has 1 aromatic carbocycles. The molecule has 2 amide bonds. The number of aromatic nitrogens is 1. The summed E-state index contributed by atoms with van der Waals surface area (Å²) in [5.41, 5.74) is 1.74. The quantitative estimate of drug-likeness (QED) is 0.645. The molecular formula is C21H22N4O3S. The molecule has 2 aromatic heterocycles. The van der Waals surface area contributed by atoms with Crippen LogP contribution < -0.4 is 4.90 Å². The summed E-state index contributed by atoms with van der Waals surface area (Å²) in [4.78, 5) is 34.9. The highest BCUT2D eigenvalue weighted by atomic mass is 32.1. The van der Waals surface area contributed by atoms with Crippen LogP contribution in [-0.4, -0.2) is 52.8 Å². The zero-order valence-electron chi connectivity index (χ0n) is 16.2. The lowest BCUT2D eigenvalue weighted by Gasteiger charge is -2.33. The van der Waals surface area contributed by atoms with Crippen molar-refractivity contribution >= 4 is 34.0 Å². The van der Waals surface area contributed by atoms with Crippen LogP contribution in [0.3, 0.4) is 0 Å². The fourth-order valence-corrected chi connectivity index (χ4v) is 4.25. The van der Waals surface area contributed by atoms with Crippen molar-refractivity contribution in [2.45, 2.75) is 13.5 Å². The van der Waals surface area contributed by atoms with Gasteiger partial charge in [0.25, 0.3) is 5.91 Å². The number of para-hydroxylation sites is 1. The van der Waals surface area contributed by atoms with E-state index < -0.39 is 0 Å². The SMILES string of the molecule is CC(=O)N(c1ccccc1)c1nc(CN2CCN(C(=O)c3ccco3)CC2)cs1. The van der Waals surface area contributed by atoms with Gasteiger partial charge in [-0.25, -0.2) is 4.98 Å². The number of nitrogens with zero attached hydrogens (tertiary/aromatic N) is 4. The molecule has 4 rings (SSSR count). The second-order valence-electron chi connectivity index (χ2n) is 6.86. The molecule has 3 heterocycles. The van der Waals surface area contributed by atoms with Crippen LogP contribution in [0.1, 0.15) is 23.2 Å². The Labute approximate surface area is 173 Å². The zero-order valence-corrected chi connectivity index (χ0v) is 17.0. The van der Waals surface area contributed by atoms with Gasteiger partial charge in [0.15, 0.2) is 10.9 Å². The number of thiazole rings is 1. The molecule has 1 aliphatic rings. The first kappa shape index (κ1) is 19.4. The number of carbonyl (C=O) groups is 2. The van der Waals surface area contributed by atoms with Crippen molar-refractivity contribution in [2.24, 2.45) is 0 Å². The molecule has 0 radical (unpaired) electrons. The molecule has 1 fully saturated rings. The van der Waals surface area contributed by atoms with Gasteiger partial charge in [-0.05, 0) is 24.3 Å². The van der Waals surface area contributed by atoms with Gasteiger partial charge >= 0.3 is 0 Å². The maximum Gasteiger partial charge on any atom is 0.289 e. The third-order valence-electron chi connectivity index (χ3n) is 4.84. The molecule has 0 atom stereocenters. The van der Waals surface area contributed by atoms with Gasteiger partial charge in [0, 0.05) is 45.0 Å².